The van der Waals surface area contributed by atoms with Crippen LogP contribution in [0.5, 0.6) is 5.75 Å². The first kappa shape index (κ1) is 14.5. The minimum absolute atomic E-state index is 0.102. The molecule has 108 valence electrons. The fraction of sp³-hybridized carbons (Fsp3) is 0.417. The van der Waals surface area contributed by atoms with E-state index in [4.69, 9.17) is 26.2 Å². The number of benzene rings is 1. The van der Waals surface area contributed by atoms with Gasteiger partial charge in [0.15, 0.2) is 6.10 Å². The van der Waals surface area contributed by atoms with E-state index in [9.17, 15) is 14.9 Å². The van der Waals surface area contributed by atoms with Gasteiger partial charge in [-0.3, -0.25) is 10.1 Å². The highest BCUT2D eigenvalue weighted by Gasteiger charge is 2.31. The number of non-ortho nitro benzene ring substituents is 1. The van der Waals surface area contributed by atoms with Crippen LogP contribution >= 0.6 is 11.6 Å². The summed E-state index contributed by atoms with van der Waals surface area (Å²) in [5, 5.41) is 19.7. The number of carboxylic acids is 1. The van der Waals surface area contributed by atoms with Crippen LogP contribution in [0.2, 0.25) is 5.02 Å². The lowest BCUT2D eigenvalue weighted by molar-refractivity contribution is -0.384. The highest BCUT2D eigenvalue weighted by Crippen LogP contribution is 2.30. The van der Waals surface area contributed by atoms with E-state index >= 15 is 0 Å². The average molecular weight is 302 g/mol. The largest absolute Gasteiger partial charge is 0.489 e. The molecule has 1 fully saturated rings. The summed E-state index contributed by atoms with van der Waals surface area (Å²) < 4.78 is 10.6. The van der Waals surface area contributed by atoms with Gasteiger partial charge in [-0.2, -0.15) is 0 Å². The van der Waals surface area contributed by atoms with Gasteiger partial charge in [-0.25, -0.2) is 4.79 Å². The second-order valence-electron chi connectivity index (χ2n) is 4.35. The standard InChI is InChI=1S/C12H12ClNO6/c13-9-3-1-7(14(17)18)5-11(9)19-6-8-2-4-10(20-8)12(15)16/h1,3,5,8,10H,2,4,6H2,(H,15,16). The lowest BCUT2D eigenvalue weighted by Gasteiger charge is -2.13. The molecule has 2 atom stereocenters. The summed E-state index contributed by atoms with van der Waals surface area (Å²) in [5.41, 5.74) is -0.125. The average Bonchev–Trinajstić information content (AvgIpc) is 2.86. The minimum atomic E-state index is -0.999. The van der Waals surface area contributed by atoms with Crippen molar-refractivity contribution in [2.75, 3.05) is 6.61 Å². The van der Waals surface area contributed by atoms with Gasteiger partial charge < -0.3 is 14.6 Å². The first-order valence-electron chi connectivity index (χ1n) is 5.92. The summed E-state index contributed by atoms with van der Waals surface area (Å²) in [6, 6.07) is 3.89. The van der Waals surface area contributed by atoms with E-state index in [0.29, 0.717) is 12.8 Å². The van der Waals surface area contributed by atoms with Gasteiger partial charge in [-0.15, -0.1) is 0 Å². The summed E-state index contributed by atoms with van der Waals surface area (Å²) >= 11 is 5.88. The smallest absolute Gasteiger partial charge is 0.332 e. The summed E-state index contributed by atoms with van der Waals surface area (Å²) in [6.45, 7) is 0.102. The van der Waals surface area contributed by atoms with Crippen molar-refractivity contribution in [3.8, 4) is 5.75 Å². The lowest BCUT2D eigenvalue weighted by atomic mass is 10.2. The fourth-order valence-corrected chi connectivity index (χ4v) is 2.08. The Balaban J connectivity index is 1.96. The Labute approximate surface area is 119 Å². The zero-order valence-corrected chi connectivity index (χ0v) is 11.1. The number of nitrogens with zero attached hydrogens (tertiary/aromatic N) is 1. The molecule has 0 radical (unpaired) electrons. The van der Waals surface area contributed by atoms with Crippen molar-refractivity contribution in [1.29, 1.82) is 0 Å². The Bertz CT molecular complexity index is 535. The maximum atomic E-state index is 10.7. The van der Waals surface area contributed by atoms with Gasteiger partial charge in [0, 0.05) is 6.07 Å². The molecule has 1 aromatic rings. The second kappa shape index (κ2) is 6.06. The highest BCUT2D eigenvalue weighted by atomic mass is 35.5. The molecule has 0 bridgehead atoms. The van der Waals surface area contributed by atoms with Crippen molar-refractivity contribution in [2.24, 2.45) is 0 Å². The molecule has 1 aliphatic heterocycles. The zero-order valence-electron chi connectivity index (χ0n) is 10.3. The van der Waals surface area contributed by atoms with Crippen LogP contribution in [0, 0.1) is 10.1 Å². The van der Waals surface area contributed by atoms with Crippen LogP contribution in [0.25, 0.3) is 0 Å². The molecular formula is C12H12ClNO6. The predicted molar refractivity (Wildman–Crippen MR) is 69.1 cm³/mol. The van der Waals surface area contributed by atoms with E-state index in [-0.39, 0.29) is 29.2 Å². The lowest BCUT2D eigenvalue weighted by Crippen LogP contribution is -2.23. The van der Waals surface area contributed by atoms with Crippen molar-refractivity contribution < 1.29 is 24.3 Å². The van der Waals surface area contributed by atoms with Gasteiger partial charge in [-0.05, 0) is 18.9 Å². The molecule has 1 heterocycles. The van der Waals surface area contributed by atoms with E-state index in [0.717, 1.165) is 0 Å². The van der Waals surface area contributed by atoms with Gasteiger partial charge in [-0.1, -0.05) is 11.6 Å². The Morgan fingerprint density at radius 1 is 1.55 bits per heavy atom. The van der Waals surface area contributed by atoms with Crippen molar-refractivity contribution >= 4 is 23.3 Å². The molecule has 2 unspecified atom stereocenters. The molecule has 2 rings (SSSR count). The number of carbonyl (C=O) groups is 1. The zero-order chi connectivity index (χ0) is 14.7. The van der Waals surface area contributed by atoms with Gasteiger partial charge in [0.25, 0.3) is 5.69 Å². The Kier molecular flexibility index (Phi) is 4.41. The third-order valence-electron chi connectivity index (χ3n) is 2.93. The molecule has 7 nitrogen and oxygen atoms in total. The number of halogens is 1. The molecule has 20 heavy (non-hydrogen) atoms. The maximum absolute atomic E-state index is 10.7. The minimum Gasteiger partial charge on any atom is -0.489 e. The Morgan fingerprint density at radius 2 is 2.30 bits per heavy atom. The molecule has 0 aliphatic carbocycles. The van der Waals surface area contributed by atoms with Crippen molar-refractivity contribution in [3.05, 3.63) is 33.3 Å². The molecule has 0 spiro atoms. The number of carboxylic acid groups (broad SMARTS) is 1. The fourth-order valence-electron chi connectivity index (χ4n) is 1.91. The number of ether oxygens (including phenoxy) is 2. The second-order valence-corrected chi connectivity index (χ2v) is 4.75. The van der Waals surface area contributed by atoms with Crippen molar-refractivity contribution in [1.82, 2.24) is 0 Å². The quantitative estimate of drug-likeness (QED) is 0.661. The van der Waals surface area contributed by atoms with Gasteiger partial charge in [0.2, 0.25) is 0 Å². The number of aliphatic carboxylic acids is 1. The van der Waals surface area contributed by atoms with Crippen LogP contribution in [0.1, 0.15) is 12.8 Å². The Hall–Kier alpha value is -1.86. The van der Waals surface area contributed by atoms with Crippen LogP contribution in [0.3, 0.4) is 0 Å². The van der Waals surface area contributed by atoms with E-state index in [1.54, 1.807) is 0 Å². The summed E-state index contributed by atoms with van der Waals surface area (Å²) in [4.78, 5) is 20.8. The van der Waals surface area contributed by atoms with Gasteiger partial charge >= 0.3 is 5.97 Å². The summed E-state index contributed by atoms with van der Waals surface area (Å²) in [5.74, 6) is -0.816. The topological polar surface area (TPSA) is 98.9 Å². The number of nitro benzene ring substituents is 1. The molecule has 1 saturated heterocycles. The first-order valence-corrected chi connectivity index (χ1v) is 6.30. The van der Waals surface area contributed by atoms with Crippen molar-refractivity contribution in [2.45, 2.75) is 25.0 Å². The summed E-state index contributed by atoms with van der Waals surface area (Å²) in [6.07, 6.45) is -0.189. The van der Waals surface area contributed by atoms with E-state index in [2.05, 4.69) is 0 Å². The van der Waals surface area contributed by atoms with E-state index in [1.165, 1.54) is 18.2 Å². The molecule has 0 saturated carbocycles. The number of nitro groups is 1. The van der Waals surface area contributed by atoms with Crippen LogP contribution in [0.15, 0.2) is 18.2 Å². The molecule has 0 amide bonds. The SMILES string of the molecule is O=C(O)C1CCC(COc2cc([N+](=O)[O-])ccc2Cl)O1. The van der Waals surface area contributed by atoms with Gasteiger partial charge in [0.05, 0.1) is 22.1 Å². The number of hydrogen-bond acceptors (Lipinski definition) is 5. The molecule has 1 aliphatic rings. The normalized spacial score (nSPS) is 21.6. The van der Waals surface area contributed by atoms with Crippen LogP contribution in [-0.4, -0.2) is 34.8 Å². The molecule has 0 aromatic heterocycles. The van der Waals surface area contributed by atoms with Crippen LogP contribution < -0.4 is 4.74 Å². The number of rotatable bonds is 5. The third kappa shape index (κ3) is 3.37. The molecule has 8 heteroatoms. The molecule has 1 N–H and O–H groups in total. The summed E-state index contributed by atoms with van der Waals surface area (Å²) in [7, 11) is 0. The third-order valence-corrected chi connectivity index (χ3v) is 3.25. The predicted octanol–water partition coefficient (Wildman–Crippen LogP) is 2.26. The van der Waals surface area contributed by atoms with E-state index < -0.39 is 17.0 Å². The van der Waals surface area contributed by atoms with E-state index in [1.807, 2.05) is 0 Å². The van der Waals surface area contributed by atoms with Gasteiger partial charge in [0.1, 0.15) is 12.4 Å². The molecular weight excluding hydrogens is 290 g/mol. The van der Waals surface area contributed by atoms with Crippen LogP contribution in [-0.2, 0) is 9.53 Å². The maximum Gasteiger partial charge on any atom is 0.332 e. The molecule has 1 aromatic carbocycles. The Morgan fingerprint density at radius 3 is 2.90 bits per heavy atom. The first-order chi connectivity index (χ1) is 9.47. The highest BCUT2D eigenvalue weighted by molar-refractivity contribution is 6.32. The monoisotopic (exact) mass is 301 g/mol. The van der Waals surface area contributed by atoms with Crippen molar-refractivity contribution in [3.63, 3.8) is 0 Å². The van der Waals surface area contributed by atoms with Crippen LogP contribution in [0.4, 0.5) is 5.69 Å². The number of hydrogen-bond donors (Lipinski definition) is 1.